The fraction of sp³-hybridized carbons (Fsp3) is 0.290. The van der Waals surface area contributed by atoms with Crippen molar-refractivity contribution < 1.29 is 23.9 Å². The van der Waals surface area contributed by atoms with Crippen molar-refractivity contribution >= 4 is 39.6 Å². The molecule has 0 saturated carbocycles. The zero-order valence-electron chi connectivity index (χ0n) is 23.4. The summed E-state index contributed by atoms with van der Waals surface area (Å²) < 4.78 is 7.77. The molecular weight excluding hydrogens is 522 g/mol. The number of para-hydroxylation sites is 2. The van der Waals surface area contributed by atoms with Crippen LogP contribution in [0.3, 0.4) is 0 Å². The molecule has 212 valence electrons. The van der Waals surface area contributed by atoms with Crippen LogP contribution in [0, 0.1) is 12.8 Å². The lowest BCUT2D eigenvalue weighted by Crippen LogP contribution is -2.48. The van der Waals surface area contributed by atoms with E-state index in [0.717, 1.165) is 27.4 Å². The minimum atomic E-state index is -1.21. The van der Waals surface area contributed by atoms with Crippen LogP contribution in [-0.2, 0) is 18.3 Å². The monoisotopic (exact) mass is 555 g/mol. The summed E-state index contributed by atoms with van der Waals surface area (Å²) in [5, 5.41) is 17.3. The first-order chi connectivity index (χ1) is 19.6. The SMILES string of the molecule is Cc1oc([C@@H](Cc2cn(C)c3ccccc23)NC(=O)C(CC(C)C)NC(=O)c2c[nH]c3ccccc23)nc1C(=O)O. The van der Waals surface area contributed by atoms with Gasteiger partial charge < -0.3 is 29.7 Å². The van der Waals surface area contributed by atoms with Crippen LogP contribution >= 0.6 is 0 Å². The Morgan fingerprint density at radius 2 is 1.76 bits per heavy atom. The average Bonchev–Trinajstić information content (AvgIpc) is 3.63. The number of rotatable bonds is 10. The van der Waals surface area contributed by atoms with E-state index in [9.17, 15) is 19.5 Å². The van der Waals surface area contributed by atoms with E-state index in [2.05, 4.69) is 20.6 Å². The quantitative estimate of drug-likeness (QED) is 0.193. The number of carboxylic acid groups (broad SMARTS) is 1. The molecule has 0 aliphatic carbocycles. The van der Waals surface area contributed by atoms with Gasteiger partial charge in [-0.25, -0.2) is 9.78 Å². The van der Waals surface area contributed by atoms with Crippen LogP contribution in [0.15, 0.2) is 65.3 Å². The molecular formula is C31H33N5O5. The number of aromatic nitrogens is 3. The van der Waals surface area contributed by atoms with E-state index >= 15 is 0 Å². The van der Waals surface area contributed by atoms with E-state index in [4.69, 9.17) is 4.42 Å². The van der Waals surface area contributed by atoms with Crippen molar-refractivity contribution in [3.8, 4) is 0 Å². The second-order valence-electron chi connectivity index (χ2n) is 10.7. The molecule has 3 aromatic heterocycles. The lowest BCUT2D eigenvalue weighted by Gasteiger charge is -2.23. The number of nitrogens with zero attached hydrogens (tertiary/aromatic N) is 2. The van der Waals surface area contributed by atoms with Gasteiger partial charge in [0.25, 0.3) is 5.91 Å². The Morgan fingerprint density at radius 3 is 2.46 bits per heavy atom. The molecule has 10 nitrogen and oxygen atoms in total. The Bertz CT molecular complexity index is 1740. The Kier molecular flexibility index (Phi) is 7.65. The summed E-state index contributed by atoms with van der Waals surface area (Å²) in [6.07, 6.45) is 4.31. The van der Waals surface area contributed by atoms with Crippen molar-refractivity contribution in [1.29, 1.82) is 0 Å². The van der Waals surface area contributed by atoms with Crippen molar-refractivity contribution in [2.75, 3.05) is 0 Å². The van der Waals surface area contributed by atoms with Gasteiger partial charge in [0, 0.05) is 47.7 Å². The fourth-order valence-corrected chi connectivity index (χ4v) is 5.24. The first-order valence-corrected chi connectivity index (χ1v) is 13.5. The zero-order chi connectivity index (χ0) is 29.3. The predicted octanol–water partition coefficient (Wildman–Crippen LogP) is 4.90. The standard InChI is InChI=1S/C31H33N5O5/c1-17(2)13-24(33-28(37)22-15-32-23-11-7-5-10-21(22)23)29(38)34-25(30-35-27(31(39)40)18(3)41-30)14-19-16-36(4)26-12-8-6-9-20(19)26/h5-12,15-17,24-25,32H,13-14H2,1-4H3,(H,33,37)(H,34,38)(H,39,40)/t24?,25-/m1/s1. The molecule has 0 saturated heterocycles. The van der Waals surface area contributed by atoms with Gasteiger partial charge in [-0.2, -0.15) is 0 Å². The van der Waals surface area contributed by atoms with Crippen molar-refractivity contribution in [2.45, 2.75) is 45.7 Å². The number of oxazole rings is 1. The second-order valence-corrected chi connectivity index (χ2v) is 10.7. The second kappa shape index (κ2) is 11.3. The minimum absolute atomic E-state index is 0.0902. The van der Waals surface area contributed by atoms with E-state index in [-0.39, 0.29) is 29.2 Å². The number of amides is 2. The number of carboxylic acids is 1. The zero-order valence-corrected chi connectivity index (χ0v) is 23.4. The molecule has 4 N–H and O–H groups in total. The third-order valence-electron chi connectivity index (χ3n) is 7.20. The van der Waals surface area contributed by atoms with E-state index < -0.39 is 24.0 Å². The van der Waals surface area contributed by atoms with Crippen LogP contribution < -0.4 is 10.6 Å². The maximum Gasteiger partial charge on any atom is 0.358 e. The number of aryl methyl sites for hydroxylation is 2. The van der Waals surface area contributed by atoms with E-state index in [0.29, 0.717) is 18.4 Å². The number of aromatic carboxylic acids is 1. The molecule has 5 rings (SSSR count). The molecule has 3 heterocycles. The van der Waals surface area contributed by atoms with Crippen LogP contribution in [0.2, 0.25) is 0 Å². The molecule has 2 amide bonds. The number of aromatic amines is 1. The molecule has 0 radical (unpaired) electrons. The number of carbonyl (C=O) groups excluding carboxylic acids is 2. The van der Waals surface area contributed by atoms with Crippen LogP contribution in [0.4, 0.5) is 0 Å². The van der Waals surface area contributed by atoms with Crippen molar-refractivity contribution in [3.05, 3.63) is 89.4 Å². The third-order valence-corrected chi connectivity index (χ3v) is 7.20. The Morgan fingerprint density at radius 1 is 1.05 bits per heavy atom. The van der Waals surface area contributed by atoms with Crippen LogP contribution in [0.5, 0.6) is 0 Å². The van der Waals surface area contributed by atoms with Gasteiger partial charge in [-0.1, -0.05) is 50.2 Å². The molecule has 0 bridgehead atoms. The molecule has 0 aliphatic rings. The van der Waals surface area contributed by atoms with E-state index in [1.54, 1.807) is 6.20 Å². The Balaban J connectivity index is 1.45. The molecule has 1 unspecified atom stereocenters. The lowest BCUT2D eigenvalue weighted by molar-refractivity contribution is -0.124. The maximum atomic E-state index is 13.8. The highest BCUT2D eigenvalue weighted by Crippen LogP contribution is 2.27. The summed E-state index contributed by atoms with van der Waals surface area (Å²) in [5.74, 6) is -1.65. The maximum absolute atomic E-state index is 13.8. The van der Waals surface area contributed by atoms with Crippen LogP contribution in [0.25, 0.3) is 21.8 Å². The number of carbonyl (C=O) groups is 3. The summed E-state index contributed by atoms with van der Waals surface area (Å²) in [4.78, 5) is 46.1. The summed E-state index contributed by atoms with van der Waals surface area (Å²) >= 11 is 0. The van der Waals surface area contributed by atoms with E-state index in [1.165, 1.54) is 6.92 Å². The number of nitrogens with one attached hydrogen (secondary N) is 3. The highest BCUT2D eigenvalue weighted by molar-refractivity contribution is 6.07. The molecule has 0 spiro atoms. The number of hydrogen-bond donors (Lipinski definition) is 4. The smallest absolute Gasteiger partial charge is 0.358 e. The summed E-state index contributed by atoms with van der Waals surface area (Å²) in [6.45, 7) is 5.48. The van der Waals surface area contributed by atoms with Crippen LogP contribution in [0.1, 0.15) is 64.4 Å². The van der Waals surface area contributed by atoms with Gasteiger partial charge in [0.1, 0.15) is 17.8 Å². The molecule has 0 fully saturated rings. The highest BCUT2D eigenvalue weighted by Gasteiger charge is 2.30. The molecule has 2 aromatic carbocycles. The van der Waals surface area contributed by atoms with Gasteiger partial charge in [-0.15, -0.1) is 0 Å². The fourth-order valence-electron chi connectivity index (χ4n) is 5.24. The van der Waals surface area contributed by atoms with Gasteiger partial charge in [0.15, 0.2) is 5.69 Å². The minimum Gasteiger partial charge on any atom is -0.476 e. The molecule has 5 aromatic rings. The van der Waals surface area contributed by atoms with Gasteiger partial charge in [0.05, 0.1) is 5.56 Å². The number of H-pyrrole nitrogens is 1. The Hall–Kier alpha value is -4.86. The molecule has 10 heteroatoms. The molecule has 41 heavy (non-hydrogen) atoms. The molecule has 0 aliphatic heterocycles. The summed E-state index contributed by atoms with van der Waals surface area (Å²) in [6, 6.07) is 13.7. The van der Waals surface area contributed by atoms with Gasteiger partial charge in [-0.3, -0.25) is 9.59 Å². The van der Waals surface area contributed by atoms with Gasteiger partial charge >= 0.3 is 5.97 Å². The predicted molar refractivity (Wildman–Crippen MR) is 155 cm³/mol. The lowest BCUT2D eigenvalue weighted by atomic mass is 10.0. The van der Waals surface area contributed by atoms with Crippen molar-refractivity contribution in [3.63, 3.8) is 0 Å². The molecule has 2 atom stereocenters. The number of hydrogen-bond acceptors (Lipinski definition) is 5. The largest absolute Gasteiger partial charge is 0.476 e. The van der Waals surface area contributed by atoms with Crippen molar-refractivity contribution in [1.82, 2.24) is 25.2 Å². The average molecular weight is 556 g/mol. The highest BCUT2D eigenvalue weighted by atomic mass is 16.4. The van der Waals surface area contributed by atoms with Crippen molar-refractivity contribution in [2.24, 2.45) is 13.0 Å². The first-order valence-electron chi connectivity index (χ1n) is 13.5. The first kappa shape index (κ1) is 27.7. The Labute approximate surface area is 236 Å². The van der Waals surface area contributed by atoms with E-state index in [1.807, 2.05) is 80.2 Å². The van der Waals surface area contributed by atoms with Gasteiger partial charge in [-0.05, 0) is 37.0 Å². The normalized spacial score (nSPS) is 13.0. The summed E-state index contributed by atoms with van der Waals surface area (Å²) in [5.41, 5.74) is 3.02. The third kappa shape index (κ3) is 5.72. The number of benzene rings is 2. The summed E-state index contributed by atoms with van der Waals surface area (Å²) in [7, 11) is 1.94. The topological polar surface area (TPSA) is 142 Å². The number of fused-ring (bicyclic) bond motifs is 2. The van der Waals surface area contributed by atoms with Crippen LogP contribution in [-0.4, -0.2) is 43.5 Å². The van der Waals surface area contributed by atoms with Gasteiger partial charge in [0.2, 0.25) is 11.8 Å².